The maximum atomic E-state index is 12.3. The van der Waals surface area contributed by atoms with Crippen LogP contribution in [0.4, 0.5) is 0 Å². The van der Waals surface area contributed by atoms with Gasteiger partial charge in [0.2, 0.25) is 0 Å². The number of β-amino-alcohol motifs (C(OH)–C–C–N with tert-alkyl or cyclic N) is 2. The van der Waals surface area contributed by atoms with Gasteiger partial charge in [0.15, 0.2) is 0 Å². The quantitative estimate of drug-likeness (QED) is 0.680. The predicted octanol–water partition coefficient (Wildman–Crippen LogP) is -0.855. The molecular formula is C10H20N2O4S. The third-order valence-electron chi connectivity index (χ3n) is 3.44. The molecule has 0 aliphatic carbocycles. The van der Waals surface area contributed by atoms with Crippen LogP contribution in [0.2, 0.25) is 0 Å². The van der Waals surface area contributed by atoms with Crippen molar-refractivity contribution in [1.82, 2.24) is 8.61 Å². The molecule has 0 bridgehead atoms. The zero-order chi connectivity index (χ0) is 12.5. The van der Waals surface area contributed by atoms with Gasteiger partial charge in [0.25, 0.3) is 10.2 Å². The summed E-state index contributed by atoms with van der Waals surface area (Å²) in [5, 5.41) is 18.8. The second-order valence-corrected chi connectivity index (χ2v) is 6.70. The maximum Gasteiger partial charge on any atom is 0.282 e. The minimum Gasteiger partial charge on any atom is -0.389 e. The molecule has 2 fully saturated rings. The van der Waals surface area contributed by atoms with Gasteiger partial charge < -0.3 is 10.2 Å². The first kappa shape index (κ1) is 13.2. The number of aliphatic hydroxyl groups is 2. The van der Waals surface area contributed by atoms with Crippen LogP contribution in [0.15, 0.2) is 0 Å². The standard InChI is InChI=1S/C10H20N2O4S/c13-9-7-12(8-10(9)14)17(15,16)11-5-3-1-2-4-6-11/h9-10,13-14H,1-8H2. The molecule has 2 saturated heterocycles. The minimum absolute atomic E-state index is 0.000000000000000222. The third-order valence-corrected chi connectivity index (χ3v) is 5.41. The molecule has 0 spiro atoms. The lowest BCUT2D eigenvalue weighted by Gasteiger charge is -2.25. The highest BCUT2D eigenvalue weighted by Gasteiger charge is 2.39. The monoisotopic (exact) mass is 264 g/mol. The molecule has 2 N–H and O–H groups in total. The number of hydrogen-bond acceptors (Lipinski definition) is 4. The summed E-state index contributed by atoms with van der Waals surface area (Å²) in [6.45, 7) is 1.09. The van der Waals surface area contributed by atoms with E-state index in [2.05, 4.69) is 0 Å². The van der Waals surface area contributed by atoms with Crippen molar-refractivity contribution in [3.63, 3.8) is 0 Å². The molecule has 0 aromatic rings. The van der Waals surface area contributed by atoms with Gasteiger partial charge in [-0.25, -0.2) is 0 Å². The SMILES string of the molecule is O=S(=O)(N1CCCCCC1)N1CC(O)C(O)C1. The molecule has 0 saturated carbocycles. The molecule has 6 nitrogen and oxygen atoms in total. The Bertz CT molecular complexity index is 333. The van der Waals surface area contributed by atoms with Crippen molar-refractivity contribution in [2.45, 2.75) is 37.9 Å². The van der Waals surface area contributed by atoms with Gasteiger partial charge in [-0.3, -0.25) is 0 Å². The maximum absolute atomic E-state index is 12.3. The summed E-state index contributed by atoms with van der Waals surface area (Å²) >= 11 is 0. The van der Waals surface area contributed by atoms with Crippen LogP contribution in [0, 0.1) is 0 Å². The average Bonchev–Trinajstić information content (AvgIpc) is 2.54. The lowest BCUT2D eigenvalue weighted by Crippen LogP contribution is -2.43. The van der Waals surface area contributed by atoms with Crippen molar-refractivity contribution in [3.05, 3.63) is 0 Å². The van der Waals surface area contributed by atoms with Gasteiger partial charge in [-0.15, -0.1) is 0 Å². The Morgan fingerprint density at radius 3 is 1.76 bits per heavy atom. The second kappa shape index (κ2) is 5.19. The first-order valence-corrected chi connectivity index (χ1v) is 7.53. The highest BCUT2D eigenvalue weighted by Crippen LogP contribution is 2.20. The molecule has 2 rings (SSSR count). The molecule has 2 unspecified atom stereocenters. The Morgan fingerprint density at radius 1 is 0.824 bits per heavy atom. The lowest BCUT2D eigenvalue weighted by molar-refractivity contribution is 0.0572. The fourth-order valence-electron chi connectivity index (χ4n) is 2.36. The summed E-state index contributed by atoms with van der Waals surface area (Å²) in [7, 11) is -3.50. The van der Waals surface area contributed by atoms with Gasteiger partial charge >= 0.3 is 0 Å². The summed E-state index contributed by atoms with van der Waals surface area (Å²) in [6.07, 6.45) is 1.98. The van der Waals surface area contributed by atoms with E-state index in [9.17, 15) is 18.6 Å². The van der Waals surface area contributed by atoms with Gasteiger partial charge in [-0.05, 0) is 12.8 Å². The van der Waals surface area contributed by atoms with Crippen molar-refractivity contribution < 1.29 is 18.6 Å². The lowest BCUT2D eigenvalue weighted by atomic mass is 10.2. The zero-order valence-corrected chi connectivity index (χ0v) is 10.6. The predicted molar refractivity (Wildman–Crippen MR) is 62.5 cm³/mol. The second-order valence-electron chi connectivity index (χ2n) is 4.77. The van der Waals surface area contributed by atoms with Crippen molar-refractivity contribution >= 4 is 10.2 Å². The molecule has 0 radical (unpaired) electrons. The Kier molecular flexibility index (Phi) is 4.04. The van der Waals surface area contributed by atoms with E-state index in [1.807, 2.05) is 0 Å². The molecule has 17 heavy (non-hydrogen) atoms. The summed E-state index contributed by atoms with van der Waals surface area (Å²) in [4.78, 5) is 0. The first-order valence-electron chi connectivity index (χ1n) is 6.13. The number of hydrogen-bond donors (Lipinski definition) is 2. The van der Waals surface area contributed by atoms with E-state index >= 15 is 0 Å². The molecule has 0 aromatic heterocycles. The van der Waals surface area contributed by atoms with Crippen molar-refractivity contribution in [1.29, 1.82) is 0 Å². The van der Waals surface area contributed by atoms with Crippen LogP contribution >= 0.6 is 0 Å². The van der Waals surface area contributed by atoms with Gasteiger partial charge in [0, 0.05) is 26.2 Å². The third kappa shape index (κ3) is 2.79. The smallest absolute Gasteiger partial charge is 0.282 e. The van der Waals surface area contributed by atoms with Crippen LogP contribution in [0.5, 0.6) is 0 Å². The van der Waals surface area contributed by atoms with Crippen molar-refractivity contribution in [2.75, 3.05) is 26.2 Å². The number of aliphatic hydroxyl groups excluding tert-OH is 2. The molecule has 2 aliphatic rings. The highest BCUT2D eigenvalue weighted by atomic mass is 32.2. The average molecular weight is 264 g/mol. The van der Waals surface area contributed by atoms with Crippen molar-refractivity contribution in [2.24, 2.45) is 0 Å². The fraction of sp³-hybridized carbons (Fsp3) is 1.00. The van der Waals surface area contributed by atoms with Crippen LogP contribution in [0.1, 0.15) is 25.7 Å². The van der Waals surface area contributed by atoms with Crippen LogP contribution < -0.4 is 0 Å². The van der Waals surface area contributed by atoms with E-state index in [-0.39, 0.29) is 13.1 Å². The molecule has 2 atom stereocenters. The van der Waals surface area contributed by atoms with E-state index in [4.69, 9.17) is 0 Å². The van der Waals surface area contributed by atoms with E-state index in [1.165, 1.54) is 8.61 Å². The normalized spacial score (nSPS) is 33.8. The molecule has 0 amide bonds. The largest absolute Gasteiger partial charge is 0.389 e. The van der Waals surface area contributed by atoms with E-state index < -0.39 is 22.4 Å². The molecule has 2 heterocycles. The Hall–Kier alpha value is -0.210. The van der Waals surface area contributed by atoms with Crippen LogP contribution in [-0.2, 0) is 10.2 Å². The first-order chi connectivity index (χ1) is 8.01. The van der Waals surface area contributed by atoms with Gasteiger partial charge in [-0.2, -0.15) is 17.0 Å². The number of nitrogens with zero attached hydrogens (tertiary/aromatic N) is 2. The minimum atomic E-state index is -3.50. The van der Waals surface area contributed by atoms with Crippen LogP contribution in [0.3, 0.4) is 0 Å². The van der Waals surface area contributed by atoms with Gasteiger partial charge in [0.05, 0.1) is 12.2 Å². The van der Waals surface area contributed by atoms with E-state index in [0.717, 1.165) is 25.7 Å². The molecular weight excluding hydrogens is 244 g/mol. The van der Waals surface area contributed by atoms with Gasteiger partial charge in [-0.1, -0.05) is 12.8 Å². The van der Waals surface area contributed by atoms with Gasteiger partial charge in [0.1, 0.15) is 0 Å². The topological polar surface area (TPSA) is 81.1 Å². The van der Waals surface area contributed by atoms with Crippen molar-refractivity contribution in [3.8, 4) is 0 Å². The Labute approximate surface area is 102 Å². The number of rotatable bonds is 2. The summed E-state index contributed by atoms with van der Waals surface area (Å²) < 4.78 is 27.2. The molecule has 2 aliphatic heterocycles. The Balaban J connectivity index is 2.07. The van der Waals surface area contributed by atoms with E-state index in [0.29, 0.717) is 13.1 Å². The molecule has 7 heteroatoms. The summed E-state index contributed by atoms with van der Waals surface area (Å²) in [5.41, 5.74) is 0. The zero-order valence-electron chi connectivity index (χ0n) is 9.83. The fourth-order valence-corrected chi connectivity index (χ4v) is 4.09. The summed E-state index contributed by atoms with van der Waals surface area (Å²) in [5.74, 6) is 0. The molecule has 0 aromatic carbocycles. The summed E-state index contributed by atoms with van der Waals surface area (Å²) in [6, 6.07) is 0. The highest BCUT2D eigenvalue weighted by molar-refractivity contribution is 7.86. The van der Waals surface area contributed by atoms with Crippen LogP contribution in [-0.4, -0.2) is 65.6 Å². The van der Waals surface area contributed by atoms with Crippen LogP contribution in [0.25, 0.3) is 0 Å². The van der Waals surface area contributed by atoms with E-state index in [1.54, 1.807) is 0 Å². The molecule has 100 valence electrons. The Morgan fingerprint density at radius 2 is 1.29 bits per heavy atom.